The molecule has 1 saturated carbocycles. The summed E-state index contributed by atoms with van der Waals surface area (Å²) in [5.74, 6) is -0.398. The van der Waals surface area contributed by atoms with Gasteiger partial charge in [0.05, 0.1) is 24.7 Å². The van der Waals surface area contributed by atoms with Gasteiger partial charge in [-0.05, 0) is 82.3 Å². The fourth-order valence-electron chi connectivity index (χ4n) is 9.15. The Morgan fingerprint density at radius 3 is 2.54 bits per heavy atom. The Kier molecular flexibility index (Phi) is 11.5. The number of carbonyl (C=O) groups is 4. The Morgan fingerprint density at radius 1 is 1.06 bits per heavy atom. The molecule has 4 amide bonds. The van der Waals surface area contributed by atoms with Crippen LogP contribution in [0.1, 0.15) is 81.0 Å². The Morgan fingerprint density at radius 2 is 1.82 bits per heavy atom. The van der Waals surface area contributed by atoms with Crippen molar-refractivity contribution < 1.29 is 23.9 Å². The van der Waals surface area contributed by atoms with Crippen LogP contribution in [0.15, 0.2) is 18.2 Å². The third kappa shape index (κ3) is 7.59. The molecule has 1 aromatic heterocycles. The summed E-state index contributed by atoms with van der Waals surface area (Å²) >= 11 is 0. The third-order valence-corrected chi connectivity index (χ3v) is 11.9. The highest BCUT2D eigenvalue weighted by atomic mass is 16.5. The summed E-state index contributed by atoms with van der Waals surface area (Å²) in [5.41, 5.74) is 3.46. The zero-order valence-electron chi connectivity index (χ0n) is 30.7. The van der Waals surface area contributed by atoms with E-state index < -0.39 is 17.4 Å². The van der Waals surface area contributed by atoms with Crippen LogP contribution >= 0.6 is 0 Å². The van der Waals surface area contributed by atoms with Gasteiger partial charge in [0.2, 0.25) is 23.6 Å². The second-order valence-corrected chi connectivity index (χ2v) is 15.6. The first kappa shape index (κ1) is 36.4. The van der Waals surface area contributed by atoms with Crippen LogP contribution in [-0.2, 0) is 42.3 Å². The molecule has 2 aromatic rings. The predicted octanol–water partition coefficient (Wildman–Crippen LogP) is 3.69. The lowest BCUT2D eigenvalue weighted by atomic mass is 9.64. The molecule has 3 fully saturated rings. The number of H-pyrrole nitrogens is 1. The van der Waals surface area contributed by atoms with Crippen LogP contribution in [0.5, 0.6) is 0 Å². The van der Waals surface area contributed by atoms with Gasteiger partial charge in [-0.25, -0.2) is 0 Å². The average Bonchev–Trinajstić information content (AvgIpc) is 3.77. The molecule has 6 rings (SSSR count). The van der Waals surface area contributed by atoms with E-state index in [0.717, 1.165) is 48.0 Å². The Labute approximate surface area is 297 Å². The van der Waals surface area contributed by atoms with E-state index in [1.807, 2.05) is 23.9 Å². The van der Waals surface area contributed by atoms with Gasteiger partial charge < -0.3 is 34.6 Å². The summed E-state index contributed by atoms with van der Waals surface area (Å²) in [6.45, 7) is 4.04. The molecule has 3 aliphatic heterocycles. The number of amides is 4. The molecule has 2 N–H and O–H groups in total. The molecule has 2 saturated heterocycles. The molecule has 3 atom stereocenters. The van der Waals surface area contributed by atoms with E-state index in [9.17, 15) is 19.2 Å². The number of aryl methyl sites for hydroxylation is 1. The molecule has 11 heteroatoms. The summed E-state index contributed by atoms with van der Waals surface area (Å²) in [6, 6.07) is 6.43. The summed E-state index contributed by atoms with van der Waals surface area (Å²) in [4.78, 5) is 66.7. The minimum absolute atomic E-state index is 0.00177. The number of rotatable bonds is 13. The smallest absolute Gasteiger partial charge is 0.228 e. The van der Waals surface area contributed by atoms with Crippen molar-refractivity contribution in [1.82, 2.24) is 29.9 Å². The van der Waals surface area contributed by atoms with Crippen LogP contribution < -0.4 is 5.32 Å². The van der Waals surface area contributed by atoms with E-state index >= 15 is 0 Å². The largest absolute Gasteiger partial charge is 0.378 e. The van der Waals surface area contributed by atoms with Crippen LogP contribution in [-0.4, -0.2) is 122 Å². The van der Waals surface area contributed by atoms with Gasteiger partial charge in [-0.3, -0.25) is 19.2 Å². The molecule has 0 spiro atoms. The normalized spacial score (nSPS) is 24.1. The molecule has 1 aliphatic carbocycles. The number of carbonyl (C=O) groups excluding carboxylic acids is 4. The van der Waals surface area contributed by atoms with Gasteiger partial charge in [-0.2, -0.15) is 0 Å². The summed E-state index contributed by atoms with van der Waals surface area (Å²) in [5, 5.41) is 4.17. The lowest BCUT2D eigenvalue weighted by molar-refractivity contribution is -0.169. The summed E-state index contributed by atoms with van der Waals surface area (Å²) in [7, 11) is 7.59. The Balaban J connectivity index is 1.38. The molecule has 4 aliphatic rings. The highest BCUT2D eigenvalue weighted by Crippen LogP contribution is 2.54. The molecule has 0 bridgehead atoms. The van der Waals surface area contributed by atoms with Gasteiger partial charge >= 0.3 is 0 Å². The van der Waals surface area contributed by atoms with Gasteiger partial charge in [0.1, 0.15) is 0 Å². The lowest BCUT2D eigenvalue weighted by Gasteiger charge is -2.56. The number of hydrogen-bond acceptors (Lipinski definition) is 6. The monoisotopic (exact) mass is 690 g/mol. The van der Waals surface area contributed by atoms with Crippen molar-refractivity contribution in [3.63, 3.8) is 0 Å². The highest BCUT2D eigenvalue weighted by molar-refractivity contribution is 5.93. The fraction of sp³-hybridized carbons (Fsp3) is 0.692. The maximum atomic E-state index is 14.9. The van der Waals surface area contributed by atoms with Crippen molar-refractivity contribution in [2.24, 2.45) is 17.8 Å². The standard InChI is InChI=1S/C39H58N6O5/c1-42(2)18-7-17-40-34(46)26-29-25-32(38(49)44-20-22-50-23-21-44)39(16-14-27-8-5-6-9-27)36-31(15-19-45(39)37(29)48)30-12-10-28(24-33(30)41-36)11-13-35(47)43(3)4/h10,12,24,27,29,32,41H,5-9,11,13-23,25-26H2,1-4H3,(H,40,46)/t29-,32-,39+/m1/s1. The van der Waals surface area contributed by atoms with Gasteiger partial charge in [0.15, 0.2) is 0 Å². The van der Waals surface area contributed by atoms with Crippen molar-refractivity contribution in [1.29, 1.82) is 0 Å². The minimum Gasteiger partial charge on any atom is -0.378 e. The van der Waals surface area contributed by atoms with E-state index in [4.69, 9.17) is 4.74 Å². The number of aromatic amines is 1. The second-order valence-electron chi connectivity index (χ2n) is 15.6. The third-order valence-electron chi connectivity index (χ3n) is 11.9. The number of nitrogens with one attached hydrogen (secondary N) is 2. The quantitative estimate of drug-likeness (QED) is 0.310. The molecule has 0 unspecified atom stereocenters. The number of benzene rings is 1. The predicted molar refractivity (Wildman–Crippen MR) is 193 cm³/mol. The zero-order valence-corrected chi connectivity index (χ0v) is 30.7. The number of ether oxygens (including phenoxy) is 1. The maximum Gasteiger partial charge on any atom is 0.228 e. The molecular formula is C39H58N6O5. The van der Waals surface area contributed by atoms with Crippen LogP contribution in [0.2, 0.25) is 0 Å². The molecule has 11 nitrogen and oxygen atoms in total. The first-order valence-corrected chi connectivity index (χ1v) is 19.0. The van der Waals surface area contributed by atoms with Crippen molar-refractivity contribution in [2.75, 3.05) is 74.1 Å². The van der Waals surface area contributed by atoms with E-state index in [-0.39, 0.29) is 30.0 Å². The van der Waals surface area contributed by atoms with Crippen molar-refractivity contribution >= 4 is 34.5 Å². The molecule has 0 radical (unpaired) electrons. The minimum atomic E-state index is -0.818. The number of piperidine rings is 1. The molecule has 50 heavy (non-hydrogen) atoms. The highest BCUT2D eigenvalue weighted by Gasteiger charge is 2.59. The van der Waals surface area contributed by atoms with Crippen molar-refractivity contribution in [3.8, 4) is 0 Å². The maximum absolute atomic E-state index is 14.9. The van der Waals surface area contributed by atoms with Crippen LogP contribution in [0, 0.1) is 17.8 Å². The number of fused-ring (bicyclic) bond motifs is 5. The molecule has 4 heterocycles. The second kappa shape index (κ2) is 15.8. The van der Waals surface area contributed by atoms with E-state index in [1.165, 1.54) is 31.2 Å². The van der Waals surface area contributed by atoms with Gasteiger partial charge in [-0.15, -0.1) is 0 Å². The van der Waals surface area contributed by atoms with Gasteiger partial charge in [-0.1, -0.05) is 37.8 Å². The number of aromatic nitrogens is 1. The summed E-state index contributed by atoms with van der Waals surface area (Å²) < 4.78 is 5.65. The topological polar surface area (TPSA) is 118 Å². The van der Waals surface area contributed by atoms with Gasteiger partial charge in [0.25, 0.3) is 0 Å². The van der Waals surface area contributed by atoms with Crippen molar-refractivity contribution in [3.05, 3.63) is 35.0 Å². The number of hydrogen-bond donors (Lipinski definition) is 2. The molecule has 274 valence electrons. The fourth-order valence-corrected chi connectivity index (χ4v) is 9.15. The Hall–Kier alpha value is -3.44. The number of morpholine rings is 1. The Bertz CT molecular complexity index is 1540. The van der Waals surface area contributed by atoms with Crippen LogP contribution in [0.4, 0.5) is 0 Å². The zero-order chi connectivity index (χ0) is 35.4. The first-order valence-electron chi connectivity index (χ1n) is 19.0. The first-order chi connectivity index (χ1) is 24.1. The summed E-state index contributed by atoms with van der Waals surface area (Å²) in [6.07, 6.45) is 9.59. The van der Waals surface area contributed by atoms with Crippen LogP contribution in [0.3, 0.4) is 0 Å². The molecule has 1 aromatic carbocycles. The molecular weight excluding hydrogens is 632 g/mol. The van der Waals surface area contributed by atoms with E-state index in [0.29, 0.717) is 71.0 Å². The van der Waals surface area contributed by atoms with Crippen LogP contribution in [0.25, 0.3) is 10.9 Å². The van der Waals surface area contributed by atoms with E-state index in [1.54, 1.807) is 19.0 Å². The SMILES string of the molecule is CN(C)CCCNC(=O)C[C@H]1C[C@H](C(=O)N2CCOCC2)[C@@]2(CCC3CCCC3)c3[nH]c4cc(CCC(=O)N(C)C)ccc4c3CCN2C1=O. The number of nitrogens with zero attached hydrogens (tertiary/aromatic N) is 4. The average molecular weight is 691 g/mol. The lowest BCUT2D eigenvalue weighted by Crippen LogP contribution is -2.66. The van der Waals surface area contributed by atoms with E-state index in [2.05, 4.69) is 33.4 Å². The van der Waals surface area contributed by atoms with Crippen molar-refractivity contribution in [2.45, 2.75) is 82.6 Å². The van der Waals surface area contributed by atoms with Gasteiger partial charge in [0, 0.05) is 75.6 Å².